The number of allylic oxidation sites excluding steroid dienone is 2. The van der Waals surface area contributed by atoms with E-state index < -0.39 is 0 Å². The van der Waals surface area contributed by atoms with E-state index in [1.165, 1.54) is 109 Å². The molecule has 0 spiro atoms. The van der Waals surface area contributed by atoms with Crippen molar-refractivity contribution in [3.8, 4) is 0 Å². The maximum absolute atomic E-state index is 11.2. The smallest absolute Gasteiger partial charge is 0.145 e. The van der Waals surface area contributed by atoms with Gasteiger partial charge in [0.1, 0.15) is 6.29 Å². The summed E-state index contributed by atoms with van der Waals surface area (Å²) in [5.41, 5.74) is 1.05. The lowest BCUT2D eigenvalue weighted by Crippen LogP contribution is -1.88. The average Bonchev–Trinajstić information content (AvgIpc) is 2.63. The molecule has 0 heterocycles. The molecule has 0 rings (SSSR count). The highest BCUT2D eigenvalue weighted by molar-refractivity contribution is 5.72. The van der Waals surface area contributed by atoms with E-state index in [4.69, 9.17) is 0 Å². The summed E-state index contributed by atoms with van der Waals surface area (Å²) in [4.78, 5) is 11.2. The molecule has 1 nitrogen and oxygen atoms in total. The molecule has 0 N–H and O–H groups in total. The minimum Gasteiger partial charge on any atom is -0.298 e. The monoisotopic (exact) mass is 350 g/mol. The van der Waals surface area contributed by atoms with E-state index in [-0.39, 0.29) is 0 Å². The summed E-state index contributed by atoms with van der Waals surface area (Å²) in [5, 5.41) is 0. The van der Waals surface area contributed by atoms with Crippen molar-refractivity contribution in [2.45, 2.75) is 136 Å². The predicted octanol–water partition coefficient (Wildman–Crippen LogP) is 8.56. The van der Waals surface area contributed by atoms with Gasteiger partial charge in [-0.1, -0.05) is 116 Å². The van der Waals surface area contributed by atoms with Gasteiger partial charge in [0, 0.05) is 0 Å². The lowest BCUT2D eigenvalue weighted by atomic mass is 10.0. The van der Waals surface area contributed by atoms with Crippen molar-refractivity contribution in [2.75, 3.05) is 0 Å². The third kappa shape index (κ3) is 19.6. The maximum Gasteiger partial charge on any atom is 0.145 e. The van der Waals surface area contributed by atoms with Crippen molar-refractivity contribution in [2.24, 2.45) is 0 Å². The van der Waals surface area contributed by atoms with Gasteiger partial charge in [-0.2, -0.15) is 0 Å². The van der Waals surface area contributed by atoms with Gasteiger partial charge in [-0.25, -0.2) is 0 Å². The van der Waals surface area contributed by atoms with Crippen LogP contribution in [-0.4, -0.2) is 6.29 Å². The van der Waals surface area contributed by atoms with Gasteiger partial charge >= 0.3 is 0 Å². The summed E-state index contributed by atoms with van der Waals surface area (Å²) in [7, 11) is 0. The van der Waals surface area contributed by atoms with Crippen molar-refractivity contribution in [3.05, 3.63) is 11.6 Å². The van der Waals surface area contributed by atoms with Crippen LogP contribution in [0.1, 0.15) is 136 Å². The molecule has 1 heteroatoms. The second-order valence-electron chi connectivity index (χ2n) is 7.74. The fourth-order valence-corrected chi connectivity index (χ4v) is 3.41. The van der Waals surface area contributed by atoms with Gasteiger partial charge in [0.25, 0.3) is 0 Å². The quantitative estimate of drug-likeness (QED) is 0.122. The lowest BCUT2D eigenvalue weighted by Gasteiger charge is -2.03. The molecule has 0 fully saturated rings. The molecule has 0 unspecified atom stereocenters. The number of hydrogen-bond acceptors (Lipinski definition) is 1. The summed E-state index contributed by atoms with van der Waals surface area (Å²) in [6, 6.07) is 0. The van der Waals surface area contributed by atoms with Crippen LogP contribution < -0.4 is 0 Å². The van der Waals surface area contributed by atoms with E-state index in [2.05, 4.69) is 19.9 Å². The molecule has 0 radical (unpaired) electrons. The highest BCUT2D eigenvalue weighted by atomic mass is 16.1. The molecule has 0 atom stereocenters. The Labute approximate surface area is 159 Å². The second kappa shape index (κ2) is 21.5. The molecule has 0 amide bonds. The van der Waals surface area contributed by atoms with Gasteiger partial charge in [-0.15, -0.1) is 0 Å². The number of rotatable bonds is 20. The van der Waals surface area contributed by atoms with Crippen LogP contribution in [0.5, 0.6) is 0 Å². The highest BCUT2D eigenvalue weighted by Gasteiger charge is 1.97. The third-order valence-electron chi connectivity index (χ3n) is 5.18. The molecule has 25 heavy (non-hydrogen) atoms. The first-order chi connectivity index (χ1) is 12.3. The van der Waals surface area contributed by atoms with Crippen LogP contribution in [0, 0.1) is 0 Å². The van der Waals surface area contributed by atoms with Gasteiger partial charge in [0.05, 0.1) is 0 Å². The van der Waals surface area contributed by atoms with Crippen LogP contribution in [-0.2, 0) is 4.79 Å². The van der Waals surface area contributed by atoms with E-state index in [0.717, 1.165) is 24.7 Å². The van der Waals surface area contributed by atoms with E-state index in [0.29, 0.717) is 0 Å². The SMILES string of the molecule is CCCCCCCCCCC/C=C(\C=O)CCCCCCCCCC. The van der Waals surface area contributed by atoms with Gasteiger partial charge in [-0.3, -0.25) is 4.79 Å². The third-order valence-corrected chi connectivity index (χ3v) is 5.18. The highest BCUT2D eigenvalue weighted by Crippen LogP contribution is 2.14. The minimum atomic E-state index is 0.996. The van der Waals surface area contributed by atoms with Crippen LogP contribution in [0.15, 0.2) is 11.6 Å². The largest absolute Gasteiger partial charge is 0.298 e. The van der Waals surface area contributed by atoms with Crippen LogP contribution in [0.4, 0.5) is 0 Å². The zero-order chi connectivity index (χ0) is 18.4. The summed E-state index contributed by atoms with van der Waals surface area (Å²) < 4.78 is 0. The van der Waals surface area contributed by atoms with Crippen LogP contribution in [0.3, 0.4) is 0 Å². The molecule has 0 saturated carbocycles. The minimum absolute atomic E-state index is 0.996. The van der Waals surface area contributed by atoms with Crippen molar-refractivity contribution in [1.29, 1.82) is 0 Å². The Hall–Kier alpha value is -0.590. The zero-order valence-corrected chi connectivity index (χ0v) is 17.5. The molecule has 0 aromatic heterocycles. The van der Waals surface area contributed by atoms with Crippen molar-refractivity contribution in [1.82, 2.24) is 0 Å². The van der Waals surface area contributed by atoms with E-state index >= 15 is 0 Å². The molecule has 0 aromatic carbocycles. The Balaban J connectivity index is 3.42. The summed E-state index contributed by atoms with van der Waals surface area (Å²) >= 11 is 0. The topological polar surface area (TPSA) is 17.1 Å². The number of unbranched alkanes of at least 4 members (excludes halogenated alkanes) is 16. The number of hydrogen-bond donors (Lipinski definition) is 0. The Morgan fingerprint density at radius 3 is 1.40 bits per heavy atom. The lowest BCUT2D eigenvalue weighted by molar-refractivity contribution is -0.105. The molecule has 148 valence electrons. The Morgan fingerprint density at radius 2 is 0.960 bits per heavy atom. The van der Waals surface area contributed by atoms with Crippen molar-refractivity contribution < 1.29 is 4.79 Å². The van der Waals surface area contributed by atoms with Crippen molar-refractivity contribution >= 4 is 6.29 Å². The first-order valence-corrected chi connectivity index (χ1v) is 11.5. The predicted molar refractivity (Wildman–Crippen MR) is 113 cm³/mol. The van der Waals surface area contributed by atoms with Gasteiger partial charge in [0.2, 0.25) is 0 Å². The molecular formula is C24H46O. The van der Waals surface area contributed by atoms with Gasteiger partial charge in [0.15, 0.2) is 0 Å². The Bertz CT molecular complexity index is 292. The van der Waals surface area contributed by atoms with Crippen LogP contribution in [0.2, 0.25) is 0 Å². The second-order valence-corrected chi connectivity index (χ2v) is 7.74. The zero-order valence-electron chi connectivity index (χ0n) is 17.5. The summed E-state index contributed by atoms with van der Waals surface area (Å²) in [5.74, 6) is 0. The first-order valence-electron chi connectivity index (χ1n) is 11.5. The number of carbonyl (C=O) groups excluding carboxylic acids is 1. The standard InChI is InChI=1S/C24H46O/c1-3-5-7-9-11-13-14-16-18-20-22-24(23-25)21-19-17-15-12-10-8-6-4-2/h22-23H,3-21H2,1-2H3/b24-22-. The average molecular weight is 351 g/mol. The molecule has 0 aromatic rings. The van der Waals surface area contributed by atoms with Crippen molar-refractivity contribution in [3.63, 3.8) is 0 Å². The van der Waals surface area contributed by atoms with E-state index in [1.54, 1.807) is 0 Å². The summed E-state index contributed by atoms with van der Waals surface area (Å²) in [6.45, 7) is 4.54. The molecule has 0 aliphatic carbocycles. The Kier molecular flexibility index (Phi) is 20.9. The molecule has 0 aliphatic heterocycles. The molecule has 0 bridgehead atoms. The van der Waals surface area contributed by atoms with Gasteiger partial charge < -0.3 is 0 Å². The van der Waals surface area contributed by atoms with E-state index in [9.17, 15) is 4.79 Å². The number of carbonyl (C=O) groups is 1. The van der Waals surface area contributed by atoms with Crippen LogP contribution in [0.25, 0.3) is 0 Å². The molecular weight excluding hydrogens is 304 g/mol. The number of aldehydes is 1. The fraction of sp³-hybridized carbons (Fsp3) is 0.875. The fourth-order valence-electron chi connectivity index (χ4n) is 3.41. The molecule has 0 saturated heterocycles. The molecule has 0 aliphatic rings. The normalized spacial score (nSPS) is 11.8. The summed E-state index contributed by atoms with van der Waals surface area (Å²) in [6.07, 6.45) is 28.4. The van der Waals surface area contributed by atoms with E-state index in [1.807, 2.05) is 0 Å². The first kappa shape index (κ1) is 24.4. The Morgan fingerprint density at radius 1 is 0.560 bits per heavy atom. The van der Waals surface area contributed by atoms with Crippen LogP contribution >= 0.6 is 0 Å². The van der Waals surface area contributed by atoms with Gasteiger partial charge in [-0.05, 0) is 31.3 Å². The maximum atomic E-state index is 11.2.